The Bertz CT molecular complexity index is 413. The number of ether oxygens (including phenoxy) is 1. The van der Waals surface area contributed by atoms with E-state index in [0.717, 1.165) is 0 Å². The molecule has 0 N–H and O–H groups in total. The summed E-state index contributed by atoms with van der Waals surface area (Å²) in [5.41, 5.74) is 0.680. The molecule has 0 atom stereocenters. The molecule has 3 rings (SSSR count). The van der Waals surface area contributed by atoms with Gasteiger partial charge in [0, 0.05) is 6.20 Å². The van der Waals surface area contributed by atoms with Gasteiger partial charge in [0.25, 0.3) is 5.92 Å². The molecule has 0 amide bonds. The van der Waals surface area contributed by atoms with Crippen molar-refractivity contribution < 1.29 is 13.5 Å². The molecule has 0 unspecified atom stereocenters. The molecule has 1 aromatic rings. The second kappa shape index (κ2) is 3.82. The Balaban J connectivity index is 1.69. The number of aromatic nitrogens is 1. The van der Waals surface area contributed by atoms with Crippen LogP contribution in [0, 0.1) is 5.92 Å². The molecule has 3 nitrogen and oxygen atoms in total. The fraction of sp³-hybridized carbons (Fsp3) is 0.583. The minimum absolute atomic E-state index is 0.238. The van der Waals surface area contributed by atoms with Gasteiger partial charge in [-0.2, -0.15) is 0 Å². The topological polar surface area (TPSA) is 25.4 Å². The molecule has 1 aliphatic carbocycles. The Morgan fingerprint density at radius 2 is 2.18 bits per heavy atom. The van der Waals surface area contributed by atoms with Gasteiger partial charge < -0.3 is 9.64 Å². The highest BCUT2D eigenvalue weighted by atomic mass is 19.3. The van der Waals surface area contributed by atoms with Crippen LogP contribution in [-0.4, -0.2) is 30.6 Å². The molecule has 1 saturated carbocycles. The van der Waals surface area contributed by atoms with Crippen molar-refractivity contribution in [2.75, 3.05) is 24.6 Å². The molecule has 2 heterocycles. The van der Waals surface area contributed by atoms with Crippen molar-refractivity contribution in [1.29, 1.82) is 0 Å². The second-order valence-corrected chi connectivity index (χ2v) is 4.79. The normalized spacial score (nSPS) is 22.1. The van der Waals surface area contributed by atoms with E-state index in [2.05, 4.69) is 4.98 Å². The van der Waals surface area contributed by atoms with E-state index < -0.39 is 5.92 Å². The summed E-state index contributed by atoms with van der Waals surface area (Å²) in [5.74, 6) is -1.46. The van der Waals surface area contributed by atoms with Gasteiger partial charge in [0.15, 0.2) is 0 Å². The number of hydrogen-bond acceptors (Lipinski definition) is 3. The summed E-state index contributed by atoms with van der Waals surface area (Å²) in [4.78, 5) is 5.73. The summed E-state index contributed by atoms with van der Waals surface area (Å²) < 4.78 is 31.2. The van der Waals surface area contributed by atoms with E-state index in [1.54, 1.807) is 23.2 Å². The SMILES string of the molecule is FC1(F)CN(c2cccnc2OCC2CC2)C1. The highest BCUT2D eigenvalue weighted by Crippen LogP contribution is 2.37. The molecule has 2 fully saturated rings. The van der Waals surface area contributed by atoms with Crippen LogP contribution in [0.3, 0.4) is 0 Å². The third-order valence-electron chi connectivity index (χ3n) is 3.09. The fourth-order valence-corrected chi connectivity index (χ4v) is 1.90. The van der Waals surface area contributed by atoms with Gasteiger partial charge in [-0.1, -0.05) is 0 Å². The predicted molar refractivity (Wildman–Crippen MR) is 59.6 cm³/mol. The molecule has 0 spiro atoms. The summed E-state index contributed by atoms with van der Waals surface area (Å²) in [7, 11) is 0. The maximum atomic E-state index is 12.8. The highest BCUT2D eigenvalue weighted by Gasteiger charge is 2.45. The van der Waals surface area contributed by atoms with Crippen LogP contribution in [0.25, 0.3) is 0 Å². The van der Waals surface area contributed by atoms with Gasteiger partial charge in [-0.15, -0.1) is 0 Å². The lowest BCUT2D eigenvalue weighted by atomic mass is 10.1. The zero-order chi connectivity index (χ0) is 11.9. The van der Waals surface area contributed by atoms with Crippen LogP contribution in [0.15, 0.2) is 18.3 Å². The first-order valence-electron chi connectivity index (χ1n) is 5.85. The molecule has 1 aromatic heterocycles. The van der Waals surface area contributed by atoms with Gasteiger partial charge >= 0.3 is 0 Å². The van der Waals surface area contributed by atoms with Gasteiger partial charge in [0.1, 0.15) is 5.69 Å². The number of halogens is 2. The zero-order valence-corrected chi connectivity index (χ0v) is 9.40. The van der Waals surface area contributed by atoms with Gasteiger partial charge in [0.2, 0.25) is 5.88 Å². The fourth-order valence-electron chi connectivity index (χ4n) is 1.90. The van der Waals surface area contributed by atoms with E-state index in [1.807, 2.05) is 0 Å². The van der Waals surface area contributed by atoms with E-state index in [4.69, 9.17) is 4.74 Å². The predicted octanol–water partition coefficient (Wildman–Crippen LogP) is 2.33. The Morgan fingerprint density at radius 1 is 1.41 bits per heavy atom. The summed E-state index contributed by atoms with van der Waals surface area (Å²) >= 11 is 0. The average molecular weight is 240 g/mol. The summed E-state index contributed by atoms with van der Waals surface area (Å²) in [5, 5.41) is 0. The average Bonchev–Trinajstić information content (AvgIpc) is 3.07. The molecule has 1 aliphatic heterocycles. The van der Waals surface area contributed by atoms with Crippen molar-refractivity contribution in [2.24, 2.45) is 5.92 Å². The zero-order valence-electron chi connectivity index (χ0n) is 9.40. The number of alkyl halides is 2. The van der Waals surface area contributed by atoms with Gasteiger partial charge in [-0.25, -0.2) is 13.8 Å². The van der Waals surface area contributed by atoms with E-state index in [1.165, 1.54) is 12.8 Å². The van der Waals surface area contributed by atoms with Crippen molar-refractivity contribution >= 4 is 5.69 Å². The Morgan fingerprint density at radius 3 is 2.82 bits per heavy atom. The third kappa shape index (κ3) is 2.33. The van der Waals surface area contributed by atoms with Crippen LogP contribution < -0.4 is 9.64 Å². The maximum Gasteiger partial charge on any atom is 0.282 e. The van der Waals surface area contributed by atoms with Crippen LogP contribution in [0.2, 0.25) is 0 Å². The molecule has 0 bridgehead atoms. The molecular weight excluding hydrogens is 226 g/mol. The van der Waals surface area contributed by atoms with E-state index in [-0.39, 0.29) is 13.1 Å². The molecular formula is C12H14F2N2O. The molecule has 1 saturated heterocycles. The number of hydrogen-bond donors (Lipinski definition) is 0. The van der Waals surface area contributed by atoms with E-state index in [9.17, 15) is 8.78 Å². The first kappa shape index (κ1) is 10.7. The van der Waals surface area contributed by atoms with Crippen LogP contribution in [-0.2, 0) is 0 Å². The van der Waals surface area contributed by atoms with E-state index in [0.29, 0.717) is 24.1 Å². The second-order valence-electron chi connectivity index (χ2n) is 4.79. The van der Waals surface area contributed by atoms with Gasteiger partial charge in [-0.05, 0) is 30.9 Å². The summed E-state index contributed by atoms with van der Waals surface area (Å²) in [6.07, 6.45) is 4.03. The largest absolute Gasteiger partial charge is 0.476 e. The Labute approximate surface area is 98.4 Å². The molecule has 5 heteroatoms. The van der Waals surface area contributed by atoms with Crippen molar-refractivity contribution in [3.8, 4) is 5.88 Å². The van der Waals surface area contributed by atoms with Gasteiger partial charge in [-0.3, -0.25) is 0 Å². The quantitative estimate of drug-likeness (QED) is 0.807. The molecule has 0 aromatic carbocycles. The molecule has 2 aliphatic rings. The van der Waals surface area contributed by atoms with Crippen molar-refractivity contribution in [3.05, 3.63) is 18.3 Å². The van der Waals surface area contributed by atoms with Crippen LogP contribution >= 0.6 is 0 Å². The van der Waals surface area contributed by atoms with Crippen LogP contribution in [0.5, 0.6) is 5.88 Å². The first-order chi connectivity index (χ1) is 8.14. The molecule has 0 radical (unpaired) electrons. The van der Waals surface area contributed by atoms with Crippen LogP contribution in [0.4, 0.5) is 14.5 Å². The summed E-state index contributed by atoms with van der Waals surface area (Å²) in [6, 6.07) is 3.53. The molecule has 92 valence electrons. The highest BCUT2D eigenvalue weighted by molar-refractivity contribution is 5.57. The Hall–Kier alpha value is -1.39. The maximum absolute atomic E-state index is 12.8. The molecule has 17 heavy (non-hydrogen) atoms. The minimum atomic E-state index is -2.57. The van der Waals surface area contributed by atoms with E-state index >= 15 is 0 Å². The number of rotatable bonds is 4. The number of pyridine rings is 1. The lowest BCUT2D eigenvalue weighted by molar-refractivity contribution is -0.0265. The third-order valence-corrected chi connectivity index (χ3v) is 3.09. The Kier molecular flexibility index (Phi) is 2.42. The number of anilines is 1. The standard InChI is InChI=1S/C12H14F2N2O/c13-12(14)7-16(8-12)10-2-1-5-15-11(10)17-6-9-3-4-9/h1-2,5,9H,3-4,6-8H2. The van der Waals surface area contributed by atoms with Gasteiger partial charge in [0.05, 0.1) is 19.7 Å². The van der Waals surface area contributed by atoms with Crippen molar-refractivity contribution in [1.82, 2.24) is 4.98 Å². The lowest BCUT2D eigenvalue weighted by Crippen LogP contribution is -2.56. The van der Waals surface area contributed by atoms with Crippen molar-refractivity contribution in [3.63, 3.8) is 0 Å². The summed E-state index contributed by atoms with van der Waals surface area (Å²) in [6.45, 7) is 0.172. The number of nitrogens with zero attached hydrogens (tertiary/aromatic N) is 2. The monoisotopic (exact) mass is 240 g/mol. The lowest BCUT2D eigenvalue weighted by Gasteiger charge is -2.40. The smallest absolute Gasteiger partial charge is 0.282 e. The first-order valence-corrected chi connectivity index (χ1v) is 5.85. The minimum Gasteiger partial charge on any atom is -0.476 e. The van der Waals surface area contributed by atoms with Crippen molar-refractivity contribution in [2.45, 2.75) is 18.8 Å². The van der Waals surface area contributed by atoms with Crippen LogP contribution in [0.1, 0.15) is 12.8 Å².